The predicted molar refractivity (Wildman–Crippen MR) is 84.0 cm³/mol. The summed E-state index contributed by atoms with van der Waals surface area (Å²) in [6, 6.07) is 8.60. The molecule has 1 amide bonds. The van der Waals surface area contributed by atoms with E-state index in [1.807, 2.05) is 0 Å². The molecule has 0 saturated carbocycles. The molecule has 3 rings (SSSR count). The summed E-state index contributed by atoms with van der Waals surface area (Å²) in [7, 11) is 0. The molecular weight excluding hydrogens is 310 g/mol. The van der Waals surface area contributed by atoms with Crippen LogP contribution in [0.2, 0.25) is 5.02 Å². The zero-order valence-corrected chi connectivity index (χ0v) is 12.3. The van der Waals surface area contributed by atoms with Gasteiger partial charge in [-0.05, 0) is 29.6 Å². The van der Waals surface area contributed by atoms with Crippen LogP contribution in [0.3, 0.4) is 0 Å². The molecule has 7 heteroatoms. The minimum atomic E-state index is -0.308. The lowest BCUT2D eigenvalue weighted by molar-refractivity contribution is -0.116. The van der Waals surface area contributed by atoms with Gasteiger partial charge in [-0.2, -0.15) is 0 Å². The number of aromatic nitrogens is 2. The summed E-state index contributed by atoms with van der Waals surface area (Å²) in [4.78, 5) is 28.3. The summed E-state index contributed by atoms with van der Waals surface area (Å²) >= 11 is 7.17. The summed E-state index contributed by atoms with van der Waals surface area (Å²) in [5.41, 5.74) is 1.03. The van der Waals surface area contributed by atoms with Crippen molar-refractivity contribution >= 4 is 44.7 Å². The quantitative estimate of drug-likeness (QED) is 0.807. The number of carbonyl (C=O) groups excluding carboxylic acids is 1. The minimum Gasteiger partial charge on any atom is -0.324 e. The topological polar surface area (TPSA) is 64.0 Å². The Hall–Kier alpha value is -2.18. The van der Waals surface area contributed by atoms with Gasteiger partial charge in [-0.3, -0.25) is 14.2 Å². The molecule has 0 aliphatic rings. The van der Waals surface area contributed by atoms with Crippen LogP contribution in [0.15, 0.2) is 46.8 Å². The predicted octanol–water partition coefficient (Wildman–Crippen LogP) is 2.75. The van der Waals surface area contributed by atoms with Crippen molar-refractivity contribution < 1.29 is 4.79 Å². The normalized spacial score (nSPS) is 10.7. The van der Waals surface area contributed by atoms with E-state index in [2.05, 4.69) is 10.3 Å². The van der Waals surface area contributed by atoms with E-state index in [0.29, 0.717) is 20.9 Å². The van der Waals surface area contributed by atoms with Crippen molar-refractivity contribution in [2.45, 2.75) is 6.54 Å². The SMILES string of the molecule is O=C(Cn1cnc2ccsc2c1=O)Nc1cccc(Cl)c1. The Labute approximate surface area is 128 Å². The average molecular weight is 320 g/mol. The lowest BCUT2D eigenvalue weighted by atomic mass is 10.3. The molecule has 1 N–H and O–H groups in total. The maximum atomic E-state index is 12.2. The first-order chi connectivity index (χ1) is 10.1. The highest BCUT2D eigenvalue weighted by atomic mass is 35.5. The summed E-state index contributed by atoms with van der Waals surface area (Å²) in [5, 5.41) is 5.03. The fourth-order valence-corrected chi connectivity index (χ4v) is 2.90. The highest BCUT2D eigenvalue weighted by Gasteiger charge is 2.09. The van der Waals surface area contributed by atoms with Gasteiger partial charge in [0.1, 0.15) is 11.2 Å². The number of nitrogens with one attached hydrogen (secondary N) is 1. The number of halogens is 1. The van der Waals surface area contributed by atoms with Crippen molar-refractivity contribution in [1.82, 2.24) is 9.55 Å². The molecule has 0 atom stereocenters. The van der Waals surface area contributed by atoms with Crippen molar-refractivity contribution in [3.8, 4) is 0 Å². The molecule has 21 heavy (non-hydrogen) atoms. The molecule has 0 aliphatic heterocycles. The first-order valence-corrected chi connectivity index (χ1v) is 7.37. The Balaban J connectivity index is 1.80. The van der Waals surface area contributed by atoms with E-state index in [0.717, 1.165) is 0 Å². The number of fused-ring (bicyclic) bond motifs is 1. The van der Waals surface area contributed by atoms with Crippen molar-refractivity contribution in [3.05, 3.63) is 57.4 Å². The lowest BCUT2D eigenvalue weighted by Gasteiger charge is -2.07. The highest BCUT2D eigenvalue weighted by Crippen LogP contribution is 2.15. The zero-order chi connectivity index (χ0) is 14.8. The summed E-state index contributed by atoms with van der Waals surface area (Å²) in [5.74, 6) is -0.308. The van der Waals surface area contributed by atoms with Crippen LogP contribution in [-0.2, 0) is 11.3 Å². The zero-order valence-electron chi connectivity index (χ0n) is 10.7. The van der Waals surface area contributed by atoms with E-state index in [4.69, 9.17) is 11.6 Å². The monoisotopic (exact) mass is 319 g/mol. The second kappa shape index (κ2) is 5.67. The molecule has 0 saturated heterocycles. The van der Waals surface area contributed by atoms with E-state index >= 15 is 0 Å². The van der Waals surface area contributed by atoms with Crippen LogP contribution in [0.4, 0.5) is 5.69 Å². The maximum absolute atomic E-state index is 12.2. The van der Waals surface area contributed by atoms with Crippen molar-refractivity contribution in [1.29, 1.82) is 0 Å². The van der Waals surface area contributed by atoms with Crippen molar-refractivity contribution in [2.75, 3.05) is 5.32 Å². The van der Waals surface area contributed by atoms with Gasteiger partial charge in [0.15, 0.2) is 0 Å². The van der Waals surface area contributed by atoms with Gasteiger partial charge in [0.05, 0.1) is 11.8 Å². The van der Waals surface area contributed by atoms with Crippen molar-refractivity contribution in [2.24, 2.45) is 0 Å². The molecule has 0 spiro atoms. The van der Waals surface area contributed by atoms with Gasteiger partial charge >= 0.3 is 0 Å². The van der Waals surface area contributed by atoms with Gasteiger partial charge in [0.25, 0.3) is 5.56 Å². The van der Waals surface area contributed by atoms with Gasteiger partial charge in [0.2, 0.25) is 5.91 Å². The number of benzene rings is 1. The molecule has 2 aromatic heterocycles. The van der Waals surface area contributed by atoms with Crippen LogP contribution in [0.25, 0.3) is 10.2 Å². The largest absolute Gasteiger partial charge is 0.324 e. The molecule has 0 fully saturated rings. The Morgan fingerprint density at radius 3 is 3.05 bits per heavy atom. The third kappa shape index (κ3) is 2.96. The standard InChI is InChI=1S/C14H10ClN3O2S/c15-9-2-1-3-10(6-9)17-12(19)7-18-8-16-11-4-5-21-13(11)14(18)20/h1-6,8H,7H2,(H,17,19). The smallest absolute Gasteiger partial charge is 0.271 e. The Morgan fingerprint density at radius 1 is 1.38 bits per heavy atom. The summed E-state index contributed by atoms with van der Waals surface area (Å²) in [6.45, 7) is -0.0911. The molecule has 0 radical (unpaired) electrons. The number of rotatable bonds is 3. The Bertz CT molecular complexity index is 872. The third-order valence-electron chi connectivity index (χ3n) is 2.86. The van der Waals surface area contributed by atoms with Crippen LogP contribution in [-0.4, -0.2) is 15.5 Å². The van der Waals surface area contributed by atoms with Gasteiger partial charge in [-0.25, -0.2) is 4.98 Å². The van der Waals surface area contributed by atoms with E-state index in [9.17, 15) is 9.59 Å². The number of anilines is 1. The van der Waals surface area contributed by atoms with Crippen molar-refractivity contribution in [3.63, 3.8) is 0 Å². The summed E-state index contributed by atoms with van der Waals surface area (Å²) in [6.07, 6.45) is 1.38. The second-order valence-corrected chi connectivity index (χ2v) is 5.72. The Morgan fingerprint density at radius 2 is 2.24 bits per heavy atom. The first kappa shape index (κ1) is 13.8. The molecule has 3 aromatic rings. The van der Waals surface area contributed by atoms with Crippen LogP contribution >= 0.6 is 22.9 Å². The molecule has 1 aromatic carbocycles. The lowest BCUT2D eigenvalue weighted by Crippen LogP contribution is -2.27. The van der Waals surface area contributed by atoms with Gasteiger partial charge in [-0.1, -0.05) is 17.7 Å². The van der Waals surface area contributed by atoms with E-state index < -0.39 is 0 Å². The summed E-state index contributed by atoms with van der Waals surface area (Å²) < 4.78 is 1.84. The molecule has 0 aliphatic carbocycles. The van der Waals surface area contributed by atoms with Gasteiger partial charge < -0.3 is 5.32 Å². The van der Waals surface area contributed by atoms with E-state index in [1.165, 1.54) is 22.2 Å². The van der Waals surface area contributed by atoms with Gasteiger partial charge in [-0.15, -0.1) is 11.3 Å². The maximum Gasteiger partial charge on any atom is 0.271 e. The van der Waals surface area contributed by atoms with Crippen LogP contribution in [0, 0.1) is 0 Å². The molecule has 2 heterocycles. The second-order valence-electron chi connectivity index (χ2n) is 4.37. The molecular formula is C14H10ClN3O2S. The number of hydrogen-bond donors (Lipinski definition) is 1. The number of amides is 1. The molecule has 0 bridgehead atoms. The average Bonchev–Trinajstić information content (AvgIpc) is 2.91. The van der Waals surface area contributed by atoms with Gasteiger partial charge in [0, 0.05) is 10.7 Å². The third-order valence-corrected chi connectivity index (χ3v) is 3.98. The molecule has 5 nitrogen and oxygen atoms in total. The Kier molecular flexibility index (Phi) is 3.72. The fourth-order valence-electron chi connectivity index (χ4n) is 1.91. The fraction of sp³-hybridized carbons (Fsp3) is 0.0714. The number of thiophene rings is 1. The minimum absolute atomic E-state index is 0.0911. The highest BCUT2D eigenvalue weighted by molar-refractivity contribution is 7.17. The number of nitrogens with zero attached hydrogens (tertiary/aromatic N) is 2. The van der Waals surface area contributed by atoms with E-state index in [1.54, 1.807) is 35.7 Å². The van der Waals surface area contributed by atoms with Crippen LogP contribution in [0.5, 0.6) is 0 Å². The van der Waals surface area contributed by atoms with Crippen LogP contribution < -0.4 is 10.9 Å². The van der Waals surface area contributed by atoms with Crippen LogP contribution in [0.1, 0.15) is 0 Å². The number of hydrogen-bond acceptors (Lipinski definition) is 4. The molecule has 0 unspecified atom stereocenters. The van der Waals surface area contributed by atoms with E-state index in [-0.39, 0.29) is 18.0 Å². The first-order valence-electron chi connectivity index (χ1n) is 6.11. The molecule has 106 valence electrons. The number of carbonyl (C=O) groups is 1.